The molecule has 1 unspecified atom stereocenters. The first-order valence-electron chi connectivity index (χ1n) is 9.24. The minimum atomic E-state index is 0. The van der Waals surface area contributed by atoms with Gasteiger partial charge in [0.2, 0.25) is 0 Å². The molecule has 2 aromatic carbocycles. The number of hydrogen-bond donors (Lipinski definition) is 3. The average molecular weight is 375 g/mol. The Morgan fingerprint density at radius 1 is 1.23 bits per heavy atom. The van der Waals surface area contributed by atoms with Crippen LogP contribution in [0.3, 0.4) is 0 Å². The first-order valence-corrected chi connectivity index (χ1v) is 9.24. The summed E-state index contributed by atoms with van der Waals surface area (Å²) < 4.78 is 5.98. The number of phenols is 1. The molecule has 3 atom stereocenters. The fraction of sp³-hybridized carbons (Fsp3) is 0.429. The van der Waals surface area contributed by atoms with E-state index >= 15 is 0 Å². The van der Waals surface area contributed by atoms with Gasteiger partial charge in [0.15, 0.2) is 0 Å². The number of piperidine rings is 1. The zero-order chi connectivity index (χ0) is 17.2. The van der Waals surface area contributed by atoms with Crippen molar-refractivity contribution in [1.29, 1.82) is 0 Å². The van der Waals surface area contributed by atoms with E-state index in [1.807, 2.05) is 12.1 Å². The second-order valence-corrected chi connectivity index (χ2v) is 7.20. The third-order valence-corrected chi connectivity index (χ3v) is 5.23. The summed E-state index contributed by atoms with van der Waals surface area (Å²) in [6.45, 7) is 3.84. The van der Waals surface area contributed by atoms with Gasteiger partial charge in [0.05, 0.1) is 0 Å². The maximum Gasteiger partial charge on any atom is 0.127 e. The van der Waals surface area contributed by atoms with E-state index in [4.69, 9.17) is 4.74 Å². The van der Waals surface area contributed by atoms with E-state index in [0.29, 0.717) is 24.4 Å². The highest BCUT2D eigenvalue weighted by Crippen LogP contribution is 2.36. The zero-order valence-corrected chi connectivity index (χ0v) is 15.9. The summed E-state index contributed by atoms with van der Waals surface area (Å²) in [5.41, 5.74) is 3.49. The van der Waals surface area contributed by atoms with Crippen LogP contribution in [0.15, 0.2) is 42.5 Å². The lowest BCUT2D eigenvalue weighted by atomic mass is 9.92. The standard InChI is InChI=1S/C21H26N2O2.ClH/c1-14-10-16-11-18(24)12-17(21(16)25-14)13-23-19-8-5-9-22-20(19)15-6-3-2-4-7-15;/h2-4,6-7,11-12,14,19-20,22-24H,5,8-10,13H2,1H3;1H/t14?,19-,20-;/m0./s1. The largest absolute Gasteiger partial charge is 0.508 e. The lowest BCUT2D eigenvalue weighted by Crippen LogP contribution is -2.45. The van der Waals surface area contributed by atoms with Crippen LogP contribution in [0.2, 0.25) is 0 Å². The first-order chi connectivity index (χ1) is 12.2. The van der Waals surface area contributed by atoms with Crippen LogP contribution >= 0.6 is 12.4 Å². The van der Waals surface area contributed by atoms with Gasteiger partial charge in [0.25, 0.3) is 0 Å². The Hall–Kier alpha value is -1.75. The average Bonchev–Trinajstić information content (AvgIpc) is 3.00. The summed E-state index contributed by atoms with van der Waals surface area (Å²) in [4.78, 5) is 0. The van der Waals surface area contributed by atoms with Crippen LogP contribution in [0, 0.1) is 0 Å². The summed E-state index contributed by atoms with van der Waals surface area (Å²) in [5, 5.41) is 17.4. The van der Waals surface area contributed by atoms with Crippen molar-refractivity contribution in [3.8, 4) is 11.5 Å². The van der Waals surface area contributed by atoms with Crippen LogP contribution in [0.5, 0.6) is 11.5 Å². The molecule has 2 aromatic rings. The van der Waals surface area contributed by atoms with E-state index in [1.54, 1.807) is 0 Å². The molecule has 5 heteroatoms. The van der Waals surface area contributed by atoms with Crippen molar-refractivity contribution in [2.45, 2.75) is 50.9 Å². The van der Waals surface area contributed by atoms with Crippen LogP contribution in [0.25, 0.3) is 0 Å². The molecule has 2 aliphatic rings. The molecular weight excluding hydrogens is 348 g/mol. The van der Waals surface area contributed by atoms with Gasteiger partial charge in [-0.15, -0.1) is 12.4 Å². The molecule has 0 saturated carbocycles. The van der Waals surface area contributed by atoms with Crippen LogP contribution < -0.4 is 15.4 Å². The molecule has 0 aromatic heterocycles. The van der Waals surface area contributed by atoms with Crippen molar-refractivity contribution in [1.82, 2.24) is 10.6 Å². The normalized spacial score (nSPS) is 24.4. The highest BCUT2D eigenvalue weighted by molar-refractivity contribution is 5.85. The zero-order valence-electron chi connectivity index (χ0n) is 15.1. The third kappa shape index (κ3) is 3.98. The Morgan fingerprint density at radius 3 is 2.85 bits per heavy atom. The molecule has 2 heterocycles. The molecule has 3 N–H and O–H groups in total. The van der Waals surface area contributed by atoms with Gasteiger partial charge < -0.3 is 20.5 Å². The molecule has 2 aliphatic heterocycles. The molecule has 1 saturated heterocycles. The maximum absolute atomic E-state index is 10.0. The topological polar surface area (TPSA) is 53.5 Å². The molecule has 0 bridgehead atoms. The van der Waals surface area contributed by atoms with E-state index in [2.05, 4.69) is 47.9 Å². The molecular formula is C21H27ClN2O2. The Bertz CT molecular complexity index is 738. The first kappa shape index (κ1) is 19.0. The maximum atomic E-state index is 10.0. The summed E-state index contributed by atoms with van der Waals surface area (Å²) in [6.07, 6.45) is 3.37. The lowest BCUT2D eigenvalue weighted by Gasteiger charge is -2.34. The lowest BCUT2D eigenvalue weighted by molar-refractivity contribution is 0.250. The highest BCUT2D eigenvalue weighted by Gasteiger charge is 2.27. The molecule has 140 valence electrons. The predicted molar refractivity (Wildman–Crippen MR) is 106 cm³/mol. The predicted octanol–water partition coefficient (Wildman–Crippen LogP) is 3.72. The molecule has 0 spiro atoms. The van der Waals surface area contributed by atoms with Gasteiger partial charge in [-0.3, -0.25) is 0 Å². The van der Waals surface area contributed by atoms with Crippen LogP contribution in [0.1, 0.15) is 42.5 Å². The smallest absolute Gasteiger partial charge is 0.127 e. The van der Waals surface area contributed by atoms with E-state index in [1.165, 1.54) is 12.0 Å². The molecule has 26 heavy (non-hydrogen) atoms. The van der Waals surface area contributed by atoms with E-state index in [-0.39, 0.29) is 18.5 Å². The molecule has 0 radical (unpaired) electrons. The highest BCUT2D eigenvalue weighted by atomic mass is 35.5. The van der Waals surface area contributed by atoms with Gasteiger partial charge in [0.1, 0.15) is 17.6 Å². The number of phenolic OH excluding ortho intramolecular Hbond substituents is 1. The van der Waals surface area contributed by atoms with Crippen LogP contribution in [-0.4, -0.2) is 23.8 Å². The summed E-state index contributed by atoms with van der Waals surface area (Å²) in [7, 11) is 0. The number of halogens is 1. The number of rotatable bonds is 4. The van der Waals surface area contributed by atoms with Crippen molar-refractivity contribution in [3.05, 3.63) is 59.2 Å². The van der Waals surface area contributed by atoms with Gasteiger partial charge in [0, 0.05) is 36.2 Å². The summed E-state index contributed by atoms with van der Waals surface area (Å²) >= 11 is 0. The summed E-state index contributed by atoms with van der Waals surface area (Å²) in [5.74, 6) is 1.28. The Balaban J connectivity index is 0.00000196. The van der Waals surface area contributed by atoms with E-state index < -0.39 is 0 Å². The van der Waals surface area contributed by atoms with Crippen LogP contribution in [0.4, 0.5) is 0 Å². The van der Waals surface area contributed by atoms with Gasteiger partial charge in [-0.05, 0) is 44.0 Å². The minimum Gasteiger partial charge on any atom is -0.508 e. The Kier molecular flexibility index (Phi) is 6.07. The van der Waals surface area contributed by atoms with Crippen molar-refractivity contribution >= 4 is 12.4 Å². The van der Waals surface area contributed by atoms with Crippen molar-refractivity contribution in [2.24, 2.45) is 0 Å². The number of aromatic hydroxyl groups is 1. The van der Waals surface area contributed by atoms with Gasteiger partial charge in [-0.25, -0.2) is 0 Å². The molecule has 0 aliphatic carbocycles. The number of ether oxygens (including phenoxy) is 1. The van der Waals surface area contributed by atoms with E-state index in [0.717, 1.165) is 36.3 Å². The van der Waals surface area contributed by atoms with E-state index in [9.17, 15) is 5.11 Å². The number of benzene rings is 2. The molecule has 4 rings (SSSR count). The van der Waals surface area contributed by atoms with Gasteiger partial charge in [-0.2, -0.15) is 0 Å². The minimum absolute atomic E-state index is 0. The fourth-order valence-electron chi connectivity index (χ4n) is 4.08. The van der Waals surface area contributed by atoms with Crippen molar-refractivity contribution in [2.75, 3.05) is 6.54 Å². The second-order valence-electron chi connectivity index (χ2n) is 7.20. The fourth-order valence-corrected chi connectivity index (χ4v) is 4.08. The number of nitrogens with one attached hydrogen (secondary N) is 2. The molecule has 4 nitrogen and oxygen atoms in total. The third-order valence-electron chi connectivity index (χ3n) is 5.23. The molecule has 1 fully saturated rings. The Labute approximate surface area is 161 Å². The molecule has 0 amide bonds. The summed E-state index contributed by atoms with van der Waals surface area (Å²) in [6, 6.07) is 15.0. The number of hydrogen-bond acceptors (Lipinski definition) is 4. The van der Waals surface area contributed by atoms with Crippen molar-refractivity contribution < 1.29 is 9.84 Å². The Morgan fingerprint density at radius 2 is 2.04 bits per heavy atom. The van der Waals surface area contributed by atoms with Crippen molar-refractivity contribution in [3.63, 3.8) is 0 Å². The van der Waals surface area contributed by atoms with Crippen LogP contribution in [-0.2, 0) is 13.0 Å². The van der Waals surface area contributed by atoms with Gasteiger partial charge in [-0.1, -0.05) is 30.3 Å². The second kappa shape index (κ2) is 8.30. The SMILES string of the molecule is CC1Cc2cc(O)cc(CN[C@H]3CCCN[C@H]3c3ccccc3)c2O1.Cl. The van der Waals surface area contributed by atoms with Gasteiger partial charge >= 0.3 is 0 Å². The monoisotopic (exact) mass is 374 g/mol. The quantitative estimate of drug-likeness (QED) is 0.763. The number of fused-ring (bicyclic) bond motifs is 1.